The molecule has 1 aromatic rings. The molecule has 0 aromatic carbocycles. The summed E-state index contributed by atoms with van der Waals surface area (Å²) < 4.78 is 0. The van der Waals surface area contributed by atoms with Crippen molar-refractivity contribution in [3.05, 3.63) is 16.6 Å². The lowest BCUT2D eigenvalue weighted by atomic mass is 10.1. The first kappa shape index (κ1) is 12.6. The number of aromatic nitrogens is 1. The van der Waals surface area contributed by atoms with Crippen molar-refractivity contribution in [3.8, 4) is 0 Å². The molecule has 0 aliphatic carbocycles. The van der Waals surface area contributed by atoms with Crippen molar-refractivity contribution in [2.45, 2.75) is 32.7 Å². The van der Waals surface area contributed by atoms with Crippen LogP contribution in [0.2, 0.25) is 0 Å². The molecule has 0 aliphatic heterocycles. The molecule has 0 spiro atoms. The highest BCUT2D eigenvalue weighted by atomic mass is 32.1. The molecule has 1 rings (SSSR count). The normalized spacial score (nSPS) is 11.9. The van der Waals surface area contributed by atoms with Gasteiger partial charge in [0.15, 0.2) is 0 Å². The molecular formula is C11H21N3S. The summed E-state index contributed by atoms with van der Waals surface area (Å²) >= 11 is 1.70. The van der Waals surface area contributed by atoms with Gasteiger partial charge in [0, 0.05) is 24.7 Å². The monoisotopic (exact) mass is 227 g/mol. The van der Waals surface area contributed by atoms with E-state index in [4.69, 9.17) is 0 Å². The molecule has 0 unspecified atom stereocenters. The minimum absolute atomic E-state index is 0.0118. The first-order valence-corrected chi connectivity index (χ1v) is 6.40. The van der Waals surface area contributed by atoms with Gasteiger partial charge in [0.1, 0.15) is 5.01 Å². The lowest BCUT2D eigenvalue weighted by molar-refractivity contribution is 0.398. The molecule has 3 nitrogen and oxygen atoms in total. The number of hydrogen-bond donors (Lipinski definition) is 2. The summed E-state index contributed by atoms with van der Waals surface area (Å²) in [6.45, 7) is 9.62. The van der Waals surface area contributed by atoms with Crippen LogP contribution < -0.4 is 10.6 Å². The molecule has 15 heavy (non-hydrogen) atoms. The van der Waals surface area contributed by atoms with Crippen LogP contribution in [0.1, 0.15) is 32.2 Å². The van der Waals surface area contributed by atoms with Gasteiger partial charge in [0.25, 0.3) is 0 Å². The molecule has 2 N–H and O–H groups in total. The van der Waals surface area contributed by atoms with Crippen LogP contribution in [0.4, 0.5) is 0 Å². The Balaban J connectivity index is 2.25. The van der Waals surface area contributed by atoms with Gasteiger partial charge < -0.3 is 10.6 Å². The number of thiazole rings is 1. The summed E-state index contributed by atoms with van der Waals surface area (Å²) in [5.74, 6) is 0. The highest BCUT2D eigenvalue weighted by Crippen LogP contribution is 2.21. The number of hydrogen-bond acceptors (Lipinski definition) is 4. The summed E-state index contributed by atoms with van der Waals surface area (Å²) in [7, 11) is 0. The lowest BCUT2D eigenvalue weighted by Gasteiger charge is -2.23. The second-order valence-electron chi connectivity index (χ2n) is 4.14. The molecule has 86 valence electrons. The van der Waals surface area contributed by atoms with Gasteiger partial charge in [-0.25, -0.2) is 4.98 Å². The van der Waals surface area contributed by atoms with Gasteiger partial charge in [-0.05, 0) is 26.8 Å². The maximum Gasteiger partial charge on any atom is 0.112 e. The summed E-state index contributed by atoms with van der Waals surface area (Å²) in [5.41, 5.74) is -0.0118. The van der Waals surface area contributed by atoms with Crippen LogP contribution in [0.15, 0.2) is 11.6 Å². The summed E-state index contributed by atoms with van der Waals surface area (Å²) in [6.07, 6.45) is 3.05. The maximum absolute atomic E-state index is 4.34. The van der Waals surface area contributed by atoms with Crippen molar-refractivity contribution in [2.24, 2.45) is 0 Å². The van der Waals surface area contributed by atoms with E-state index in [9.17, 15) is 0 Å². The van der Waals surface area contributed by atoms with Crippen LogP contribution >= 0.6 is 11.3 Å². The van der Waals surface area contributed by atoms with Crippen molar-refractivity contribution in [1.82, 2.24) is 15.6 Å². The minimum atomic E-state index is -0.0118. The molecule has 0 amide bonds. The Morgan fingerprint density at radius 2 is 2.13 bits per heavy atom. The number of rotatable bonds is 7. The van der Waals surface area contributed by atoms with E-state index in [2.05, 4.69) is 36.4 Å². The van der Waals surface area contributed by atoms with Crippen LogP contribution in [0, 0.1) is 0 Å². The molecular weight excluding hydrogens is 206 g/mol. The van der Waals surface area contributed by atoms with E-state index in [1.54, 1.807) is 11.3 Å². The average Bonchev–Trinajstić information content (AvgIpc) is 2.70. The van der Waals surface area contributed by atoms with E-state index >= 15 is 0 Å². The van der Waals surface area contributed by atoms with Gasteiger partial charge in [-0.15, -0.1) is 11.3 Å². The zero-order chi connectivity index (χ0) is 11.1. The van der Waals surface area contributed by atoms with E-state index < -0.39 is 0 Å². The molecule has 1 heterocycles. The fourth-order valence-corrected chi connectivity index (χ4v) is 2.11. The third-order valence-electron chi connectivity index (χ3n) is 2.26. The molecule has 1 aromatic heterocycles. The van der Waals surface area contributed by atoms with Gasteiger partial charge in [0.2, 0.25) is 0 Å². The second kappa shape index (κ2) is 6.20. The van der Waals surface area contributed by atoms with Gasteiger partial charge in [0.05, 0.1) is 5.54 Å². The van der Waals surface area contributed by atoms with Crippen molar-refractivity contribution >= 4 is 11.3 Å². The van der Waals surface area contributed by atoms with Gasteiger partial charge in [-0.3, -0.25) is 0 Å². The first-order chi connectivity index (χ1) is 7.17. The van der Waals surface area contributed by atoms with E-state index in [1.807, 2.05) is 11.6 Å². The van der Waals surface area contributed by atoms with E-state index in [0.717, 1.165) is 24.6 Å². The molecule has 0 atom stereocenters. The topological polar surface area (TPSA) is 37.0 Å². The SMILES string of the molecule is CCCNCCNC(C)(C)c1nccs1. The van der Waals surface area contributed by atoms with Crippen molar-refractivity contribution in [2.75, 3.05) is 19.6 Å². The van der Waals surface area contributed by atoms with Crippen LogP contribution in [0.3, 0.4) is 0 Å². The van der Waals surface area contributed by atoms with Crippen LogP contribution in [0.5, 0.6) is 0 Å². The Morgan fingerprint density at radius 3 is 2.73 bits per heavy atom. The van der Waals surface area contributed by atoms with E-state index in [-0.39, 0.29) is 5.54 Å². The fraction of sp³-hybridized carbons (Fsp3) is 0.727. The first-order valence-electron chi connectivity index (χ1n) is 5.52. The van der Waals surface area contributed by atoms with Gasteiger partial charge in [-0.1, -0.05) is 6.92 Å². The van der Waals surface area contributed by atoms with Crippen molar-refractivity contribution in [1.29, 1.82) is 0 Å². The fourth-order valence-electron chi connectivity index (χ4n) is 1.37. The Bertz CT molecular complexity index is 257. The molecule has 0 aliphatic rings. The Labute approximate surface area is 96.3 Å². The quantitative estimate of drug-likeness (QED) is 0.699. The third-order valence-corrected chi connectivity index (χ3v) is 3.36. The van der Waals surface area contributed by atoms with Crippen LogP contribution in [0.25, 0.3) is 0 Å². The summed E-state index contributed by atoms with van der Waals surface area (Å²) in [4.78, 5) is 4.34. The third kappa shape index (κ3) is 4.28. The zero-order valence-electron chi connectivity index (χ0n) is 9.84. The van der Waals surface area contributed by atoms with Crippen molar-refractivity contribution in [3.63, 3.8) is 0 Å². The van der Waals surface area contributed by atoms with Gasteiger partial charge in [-0.2, -0.15) is 0 Å². The van der Waals surface area contributed by atoms with Crippen LogP contribution in [-0.2, 0) is 5.54 Å². The highest BCUT2D eigenvalue weighted by Gasteiger charge is 2.21. The molecule has 4 heteroatoms. The predicted molar refractivity (Wildman–Crippen MR) is 66.3 cm³/mol. The van der Waals surface area contributed by atoms with Gasteiger partial charge >= 0.3 is 0 Å². The highest BCUT2D eigenvalue weighted by molar-refractivity contribution is 7.09. The van der Waals surface area contributed by atoms with Crippen LogP contribution in [-0.4, -0.2) is 24.6 Å². The molecule has 0 saturated heterocycles. The number of nitrogens with zero attached hydrogens (tertiary/aromatic N) is 1. The standard InChI is InChI=1S/C11H21N3S/c1-4-5-12-6-7-14-11(2,3)10-13-8-9-15-10/h8-9,12,14H,4-7H2,1-3H3. The molecule has 0 bridgehead atoms. The lowest BCUT2D eigenvalue weighted by Crippen LogP contribution is -2.40. The van der Waals surface area contributed by atoms with Crippen molar-refractivity contribution < 1.29 is 0 Å². The molecule has 0 radical (unpaired) electrons. The average molecular weight is 227 g/mol. The predicted octanol–water partition coefficient (Wildman–Crippen LogP) is 1.97. The zero-order valence-corrected chi connectivity index (χ0v) is 10.7. The maximum atomic E-state index is 4.34. The minimum Gasteiger partial charge on any atom is -0.315 e. The Hall–Kier alpha value is -0.450. The molecule has 0 fully saturated rings. The Kier molecular flexibility index (Phi) is 5.22. The summed E-state index contributed by atoms with van der Waals surface area (Å²) in [5, 5.41) is 10.1. The van der Waals surface area contributed by atoms with E-state index in [1.165, 1.54) is 6.42 Å². The number of nitrogens with one attached hydrogen (secondary N) is 2. The Morgan fingerprint density at radius 1 is 1.33 bits per heavy atom. The smallest absolute Gasteiger partial charge is 0.112 e. The second-order valence-corrected chi connectivity index (χ2v) is 5.03. The largest absolute Gasteiger partial charge is 0.315 e. The van der Waals surface area contributed by atoms with E-state index in [0.29, 0.717) is 0 Å². The summed E-state index contributed by atoms with van der Waals surface area (Å²) in [6, 6.07) is 0. The molecule has 0 saturated carbocycles.